The second kappa shape index (κ2) is 8.28. The van der Waals surface area contributed by atoms with Crippen LogP contribution in [-0.2, 0) is 11.3 Å². The fourth-order valence-electron chi connectivity index (χ4n) is 2.38. The summed E-state index contributed by atoms with van der Waals surface area (Å²) >= 11 is 3.37. The first-order chi connectivity index (χ1) is 12.7. The summed E-state index contributed by atoms with van der Waals surface area (Å²) in [6, 6.07) is 19.1. The second-order valence-corrected chi connectivity index (χ2v) is 6.41. The molecule has 6 heteroatoms. The zero-order chi connectivity index (χ0) is 18.4. The lowest BCUT2D eigenvalue weighted by atomic mass is 10.2. The van der Waals surface area contributed by atoms with Gasteiger partial charge in [-0.2, -0.15) is 10.4 Å². The largest absolute Gasteiger partial charge is 0.320 e. The van der Waals surface area contributed by atoms with Crippen LogP contribution in [0.4, 0.5) is 5.69 Å². The fraction of sp³-hybridized carbons (Fsp3) is 0.0500. The predicted molar refractivity (Wildman–Crippen MR) is 104 cm³/mol. The van der Waals surface area contributed by atoms with E-state index in [0.717, 1.165) is 10.0 Å². The Morgan fingerprint density at radius 2 is 1.92 bits per heavy atom. The van der Waals surface area contributed by atoms with Crippen molar-refractivity contribution in [3.8, 4) is 6.07 Å². The summed E-state index contributed by atoms with van der Waals surface area (Å²) in [4.78, 5) is 12.3. The minimum atomic E-state index is -0.463. The SMILES string of the molecule is N#C/C(=C\c1cnn(Cc2ccccc2)c1)C(=O)Nc1ccccc1Br. The van der Waals surface area contributed by atoms with E-state index >= 15 is 0 Å². The summed E-state index contributed by atoms with van der Waals surface area (Å²) in [6.07, 6.45) is 4.96. The van der Waals surface area contributed by atoms with Crippen LogP contribution in [0.25, 0.3) is 6.08 Å². The van der Waals surface area contributed by atoms with E-state index < -0.39 is 5.91 Å². The molecule has 2 aromatic carbocycles. The van der Waals surface area contributed by atoms with Gasteiger partial charge in [-0.25, -0.2) is 0 Å². The van der Waals surface area contributed by atoms with E-state index in [9.17, 15) is 10.1 Å². The van der Waals surface area contributed by atoms with Gasteiger partial charge in [0, 0.05) is 16.2 Å². The quantitative estimate of drug-likeness (QED) is 0.508. The molecule has 0 fully saturated rings. The molecule has 1 heterocycles. The minimum absolute atomic E-state index is 0.0139. The van der Waals surface area contributed by atoms with E-state index in [4.69, 9.17) is 0 Å². The molecule has 0 aliphatic rings. The van der Waals surface area contributed by atoms with Crippen LogP contribution >= 0.6 is 15.9 Å². The normalized spacial score (nSPS) is 11.0. The summed E-state index contributed by atoms with van der Waals surface area (Å²) in [5, 5.41) is 16.3. The Hall–Kier alpha value is -3.17. The first-order valence-corrected chi connectivity index (χ1v) is 8.69. The Kier molecular flexibility index (Phi) is 5.62. The third-order valence-corrected chi connectivity index (χ3v) is 4.33. The number of rotatable bonds is 5. The molecular formula is C20H15BrN4O. The molecule has 0 unspecified atom stereocenters. The molecule has 0 aliphatic carbocycles. The van der Waals surface area contributed by atoms with Crippen LogP contribution in [0.1, 0.15) is 11.1 Å². The van der Waals surface area contributed by atoms with Crippen molar-refractivity contribution < 1.29 is 4.79 Å². The fourth-order valence-corrected chi connectivity index (χ4v) is 2.76. The van der Waals surface area contributed by atoms with Crippen molar-refractivity contribution in [2.75, 3.05) is 5.32 Å². The van der Waals surface area contributed by atoms with Crippen LogP contribution in [0.5, 0.6) is 0 Å². The molecule has 0 aliphatic heterocycles. The van der Waals surface area contributed by atoms with Crippen LogP contribution in [-0.4, -0.2) is 15.7 Å². The number of carbonyl (C=O) groups excluding carboxylic acids is 1. The lowest BCUT2D eigenvalue weighted by Gasteiger charge is -2.05. The molecule has 0 saturated carbocycles. The number of benzene rings is 2. The monoisotopic (exact) mass is 406 g/mol. The number of para-hydroxylation sites is 1. The highest BCUT2D eigenvalue weighted by Crippen LogP contribution is 2.22. The van der Waals surface area contributed by atoms with Gasteiger partial charge in [0.05, 0.1) is 18.4 Å². The molecule has 5 nitrogen and oxygen atoms in total. The van der Waals surface area contributed by atoms with Gasteiger partial charge in [-0.15, -0.1) is 0 Å². The van der Waals surface area contributed by atoms with Gasteiger partial charge in [0.1, 0.15) is 11.6 Å². The average molecular weight is 407 g/mol. The first kappa shape index (κ1) is 17.6. The van der Waals surface area contributed by atoms with Crippen molar-refractivity contribution in [2.24, 2.45) is 0 Å². The van der Waals surface area contributed by atoms with Gasteiger partial charge >= 0.3 is 0 Å². The van der Waals surface area contributed by atoms with Gasteiger partial charge in [-0.05, 0) is 39.7 Å². The highest BCUT2D eigenvalue weighted by atomic mass is 79.9. The van der Waals surface area contributed by atoms with Crippen LogP contribution in [0.15, 0.2) is 77.0 Å². The molecular weight excluding hydrogens is 392 g/mol. The zero-order valence-corrected chi connectivity index (χ0v) is 15.3. The van der Waals surface area contributed by atoms with E-state index in [2.05, 4.69) is 26.3 Å². The third kappa shape index (κ3) is 4.47. The molecule has 0 radical (unpaired) electrons. The molecule has 26 heavy (non-hydrogen) atoms. The molecule has 3 rings (SSSR count). The number of anilines is 1. The lowest BCUT2D eigenvalue weighted by molar-refractivity contribution is -0.112. The Morgan fingerprint density at radius 3 is 2.65 bits per heavy atom. The zero-order valence-electron chi connectivity index (χ0n) is 13.8. The summed E-state index contributed by atoms with van der Waals surface area (Å²) in [7, 11) is 0. The number of hydrogen-bond donors (Lipinski definition) is 1. The summed E-state index contributed by atoms with van der Waals surface area (Å²) in [5.41, 5.74) is 2.44. The van der Waals surface area contributed by atoms with Crippen molar-refractivity contribution in [2.45, 2.75) is 6.54 Å². The van der Waals surface area contributed by atoms with E-state index in [-0.39, 0.29) is 5.57 Å². The molecule has 0 bridgehead atoms. The van der Waals surface area contributed by atoms with Crippen LogP contribution < -0.4 is 5.32 Å². The van der Waals surface area contributed by atoms with Crippen molar-refractivity contribution in [3.05, 3.63) is 88.2 Å². The van der Waals surface area contributed by atoms with Gasteiger partial charge in [-0.3, -0.25) is 9.48 Å². The molecule has 1 N–H and O–H groups in total. The maximum atomic E-state index is 12.3. The topological polar surface area (TPSA) is 70.7 Å². The van der Waals surface area contributed by atoms with Gasteiger partial charge in [-0.1, -0.05) is 42.5 Å². The Morgan fingerprint density at radius 1 is 1.19 bits per heavy atom. The van der Waals surface area contributed by atoms with E-state index in [1.54, 1.807) is 23.1 Å². The number of hydrogen-bond acceptors (Lipinski definition) is 3. The highest BCUT2D eigenvalue weighted by molar-refractivity contribution is 9.10. The summed E-state index contributed by atoms with van der Waals surface area (Å²) < 4.78 is 2.52. The molecule has 0 spiro atoms. The Labute approximate surface area is 159 Å². The second-order valence-electron chi connectivity index (χ2n) is 5.56. The predicted octanol–water partition coefficient (Wildman–Crippen LogP) is 4.24. The van der Waals surface area contributed by atoms with Gasteiger partial charge in [0.25, 0.3) is 5.91 Å². The standard InChI is InChI=1S/C20H15BrN4O/c21-18-8-4-5-9-19(18)24-20(26)17(11-22)10-16-12-23-25(14-16)13-15-6-2-1-3-7-15/h1-10,12,14H,13H2,(H,24,26)/b17-10+. The molecule has 128 valence electrons. The molecule has 1 aromatic heterocycles. The third-order valence-electron chi connectivity index (χ3n) is 3.64. The number of halogens is 1. The van der Waals surface area contributed by atoms with Gasteiger partial charge < -0.3 is 5.32 Å². The number of nitrogens with one attached hydrogen (secondary N) is 1. The summed E-state index contributed by atoms with van der Waals surface area (Å²) in [6.45, 7) is 0.625. The maximum absolute atomic E-state index is 12.3. The van der Waals surface area contributed by atoms with Gasteiger partial charge in [0.2, 0.25) is 0 Å². The van der Waals surface area contributed by atoms with E-state index in [1.807, 2.05) is 54.6 Å². The number of aromatic nitrogens is 2. The van der Waals surface area contributed by atoms with Gasteiger partial charge in [0.15, 0.2) is 0 Å². The van der Waals surface area contributed by atoms with Crippen molar-refractivity contribution in [1.82, 2.24) is 9.78 Å². The average Bonchev–Trinajstić information content (AvgIpc) is 3.09. The highest BCUT2D eigenvalue weighted by Gasteiger charge is 2.11. The maximum Gasteiger partial charge on any atom is 0.266 e. The smallest absolute Gasteiger partial charge is 0.266 e. The number of amides is 1. The van der Waals surface area contributed by atoms with E-state index in [1.165, 1.54) is 6.08 Å². The number of carbonyl (C=O) groups is 1. The van der Waals surface area contributed by atoms with Crippen molar-refractivity contribution in [3.63, 3.8) is 0 Å². The summed E-state index contributed by atoms with van der Waals surface area (Å²) in [5.74, 6) is -0.463. The number of nitriles is 1. The molecule has 0 atom stereocenters. The van der Waals surface area contributed by atoms with Crippen LogP contribution in [0.3, 0.4) is 0 Å². The number of nitrogens with zero attached hydrogens (tertiary/aromatic N) is 3. The van der Waals surface area contributed by atoms with Crippen molar-refractivity contribution in [1.29, 1.82) is 5.26 Å². The Balaban J connectivity index is 1.74. The lowest BCUT2D eigenvalue weighted by Crippen LogP contribution is -2.13. The molecule has 3 aromatic rings. The van der Waals surface area contributed by atoms with Crippen LogP contribution in [0.2, 0.25) is 0 Å². The molecule has 1 amide bonds. The minimum Gasteiger partial charge on any atom is -0.320 e. The van der Waals surface area contributed by atoms with Crippen LogP contribution in [0, 0.1) is 11.3 Å². The molecule has 0 saturated heterocycles. The Bertz CT molecular complexity index is 986. The van der Waals surface area contributed by atoms with E-state index in [0.29, 0.717) is 17.8 Å². The first-order valence-electron chi connectivity index (χ1n) is 7.90. The van der Waals surface area contributed by atoms with Crippen molar-refractivity contribution >= 4 is 33.6 Å².